The van der Waals surface area contributed by atoms with Crippen LogP contribution in [0.4, 0.5) is 11.4 Å². The highest BCUT2D eigenvalue weighted by atomic mass is 35.6. The number of hydrogen-bond donors (Lipinski definition) is 2. The SMILES string of the molecule is Nc1cccc(N(CC2=CC(Cc3ccccc3)(NC(=O)C(Cl)(Cl)Cl)CC2)C(=O)c2ccccc2)c1. The number of rotatable bonds is 7. The predicted octanol–water partition coefficient (Wildman–Crippen LogP) is 6.10. The van der Waals surface area contributed by atoms with E-state index in [1.165, 1.54) is 0 Å². The molecule has 0 aliphatic heterocycles. The Balaban J connectivity index is 1.68. The smallest absolute Gasteiger partial charge is 0.272 e. The quantitative estimate of drug-likeness (QED) is 0.215. The van der Waals surface area contributed by atoms with Crippen LogP contribution in [0.25, 0.3) is 0 Å². The molecule has 5 nitrogen and oxygen atoms in total. The molecule has 8 heteroatoms. The molecule has 2 amide bonds. The minimum atomic E-state index is -2.09. The number of hydrogen-bond acceptors (Lipinski definition) is 3. The number of alkyl halides is 3. The standard InChI is InChI=1S/C28H26Cl3N3O2/c29-28(30,31)26(36)33-27(17-20-8-3-1-4-9-20)15-14-21(18-27)19-34(24-13-7-12-23(32)16-24)25(35)22-10-5-2-6-11-22/h1-13,16,18H,14-15,17,19,32H2,(H,33,36). The van der Waals surface area contributed by atoms with Gasteiger partial charge in [-0.2, -0.15) is 0 Å². The van der Waals surface area contributed by atoms with Crippen molar-refractivity contribution in [3.05, 3.63) is 108 Å². The predicted molar refractivity (Wildman–Crippen MR) is 148 cm³/mol. The molecule has 0 bridgehead atoms. The maximum absolute atomic E-state index is 13.5. The largest absolute Gasteiger partial charge is 0.399 e. The van der Waals surface area contributed by atoms with E-state index in [0.29, 0.717) is 42.7 Å². The van der Waals surface area contributed by atoms with Gasteiger partial charge in [0.25, 0.3) is 15.6 Å². The molecule has 0 heterocycles. The normalized spacial score (nSPS) is 17.4. The van der Waals surface area contributed by atoms with Crippen LogP contribution in [0.3, 0.4) is 0 Å². The van der Waals surface area contributed by atoms with Crippen molar-refractivity contribution in [3.8, 4) is 0 Å². The molecular formula is C28H26Cl3N3O2. The first-order chi connectivity index (χ1) is 17.2. The van der Waals surface area contributed by atoms with Crippen LogP contribution in [0.15, 0.2) is 96.6 Å². The van der Waals surface area contributed by atoms with E-state index < -0.39 is 15.2 Å². The topological polar surface area (TPSA) is 75.4 Å². The Labute approximate surface area is 225 Å². The zero-order chi connectivity index (χ0) is 25.8. The van der Waals surface area contributed by atoms with Crippen molar-refractivity contribution in [2.75, 3.05) is 17.2 Å². The van der Waals surface area contributed by atoms with Crippen LogP contribution in [0.5, 0.6) is 0 Å². The fourth-order valence-corrected chi connectivity index (χ4v) is 4.64. The van der Waals surface area contributed by atoms with Gasteiger partial charge in [0, 0.05) is 23.5 Å². The van der Waals surface area contributed by atoms with E-state index in [1.54, 1.807) is 29.2 Å². The van der Waals surface area contributed by atoms with Crippen molar-refractivity contribution in [1.82, 2.24) is 5.32 Å². The van der Waals surface area contributed by atoms with E-state index in [0.717, 1.165) is 11.1 Å². The van der Waals surface area contributed by atoms with Crippen LogP contribution >= 0.6 is 34.8 Å². The summed E-state index contributed by atoms with van der Waals surface area (Å²) >= 11 is 17.7. The van der Waals surface area contributed by atoms with Crippen molar-refractivity contribution in [1.29, 1.82) is 0 Å². The van der Waals surface area contributed by atoms with Gasteiger partial charge < -0.3 is 16.0 Å². The molecule has 1 unspecified atom stereocenters. The molecule has 36 heavy (non-hydrogen) atoms. The molecule has 0 aromatic heterocycles. The average Bonchev–Trinajstić information content (AvgIpc) is 3.24. The number of halogens is 3. The lowest BCUT2D eigenvalue weighted by atomic mass is 9.90. The molecule has 1 aliphatic rings. The van der Waals surface area contributed by atoms with Gasteiger partial charge in [0.1, 0.15) is 0 Å². The Morgan fingerprint density at radius 1 is 0.944 bits per heavy atom. The monoisotopic (exact) mass is 541 g/mol. The molecule has 3 aromatic carbocycles. The average molecular weight is 543 g/mol. The molecule has 186 valence electrons. The number of carbonyl (C=O) groups is 2. The van der Waals surface area contributed by atoms with E-state index in [4.69, 9.17) is 40.5 Å². The Kier molecular flexibility index (Phi) is 7.94. The Hall–Kier alpha value is -2.99. The van der Waals surface area contributed by atoms with Crippen molar-refractivity contribution >= 4 is 58.0 Å². The highest BCUT2D eigenvalue weighted by Crippen LogP contribution is 2.35. The summed E-state index contributed by atoms with van der Waals surface area (Å²) in [5.74, 6) is -0.832. The maximum Gasteiger partial charge on any atom is 0.272 e. The van der Waals surface area contributed by atoms with Crippen molar-refractivity contribution < 1.29 is 9.59 Å². The first-order valence-electron chi connectivity index (χ1n) is 11.5. The lowest BCUT2D eigenvalue weighted by molar-refractivity contribution is -0.121. The second-order valence-corrected chi connectivity index (χ2v) is 11.2. The molecule has 0 fully saturated rings. The molecule has 0 radical (unpaired) electrons. The number of nitrogens with one attached hydrogen (secondary N) is 1. The number of nitrogen functional groups attached to an aromatic ring is 1. The third-order valence-electron chi connectivity index (χ3n) is 6.16. The van der Waals surface area contributed by atoms with Gasteiger partial charge in [-0.05, 0) is 55.2 Å². The fourth-order valence-electron chi connectivity index (χ4n) is 4.50. The fraction of sp³-hybridized carbons (Fsp3) is 0.214. The molecule has 3 N–H and O–H groups in total. The molecule has 1 aliphatic carbocycles. The van der Waals surface area contributed by atoms with E-state index >= 15 is 0 Å². The highest BCUT2D eigenvalue weighted by molar-refractivity contribution is 6.76. The molecule has 3 aromatic rings. The van der Waals surface area contributed by atoms with Crippen molar-refractivity contribution in [2.45, 2.75) is 28.6 Å². The summed E-state index contributed by atoms with van der Waals surface area (Å²) in [5.41, 5.74) is 9.12. The lowest BCUT2D eigenvalue weighted by Gasteiger charge is -2.30. The molecular weight excluding hydrogens is 517 g/mol. The second-order valence-electron chi connectivity index (χ2n) is 8.93. The van der Waals surface area contributed by atoms with Gasteiger partial charge in [-0.15, -0.1) is 0 Å². The summed E-state index contributed by atoms with van der Waals surface area (Å²) < 4.78 is -2.09. The van der Waals surface area contributed by atoms with Gasteiger partial charge in [-0.3, -0.25) is 9.59 Å². The first-order valence-corrected chi connectivity index (χ1v) is 12.6. The van der Waals surface area contributed by atoms with Gasteiger partial charge in [-0.1, -0.05) is 101 Å². The summed E-state index contributed by atoms with van der Waals surface area (Å²) in [6.45, 7) is 0.331. The van der Waals surface area contributed by atoms with E-state index in [2.05, 4.69) is 5.32 Å². The number of anilines is 2. The van der Waals surface area contributed by atoms with E-state index in [1.807, 2.05) is 66.7 Å². The van der Waals surface area contributed by atoms with Gasteiger partial charge in [0.05, 0.1) is 5.54 Å². The van der Waals surface area contributed by atoms with E-state index in [9.17, 15) is 9.59 Å². The number of benzene rings is 3. The third kappa shape index (κ3) is 6.41. The van der Waals surface area contributed by atoms with Crippen LogP contribution in [0.2, 0.25) is 0 Å². The van der Waals surface area contributed by atoms with Gasteiger partial charge in [0.2, 0.25) is 0 Å². The molecule has 4 rings (SSSR count). The molecule has 1 atom stereocenters. The number of nitrogens with two attached hydrogens (primary N) is 1. The lowest BCUT2D eigenvalue weighted by Crippen LogP contribution is -2.51. The number of nitrogens with zero attached hydrogens (tertiary/aromatic N) is 1. The van der Waals surface area contributed by atoms with Crippen LogP contribution < -0.4 is 16.0 Å². The minimum Gasteiger partial charge on any atom is -0.399 e. The third-order valence-corrected chi connectivity index (χ3v) is 6.68. The summed E-state index contributed by atoms with van der Waals surface area (Å²) in [7, 11) is 0. The number of amides is 2. The summed E-state index contributed by atoms with van der Waals surface area (Å²) in [5, 5.41) is 2.96. The highest BCUT2D eigenvalue weighted by Gasteiger charge is 2.41. The summed E-state index contributed by atoms with van der Waals surface area (Å²) in [6, 6.07) is 26.1. The van der Waals surface area contributed by atoms with Crippen LogP contribution in [-0.2, 0) is 11.2 Å². The molecule has 0 spiro atoms. The van der Waals surface area contributed by atoms with Gasteiger partial charge in [-0.25, -0.2) is 0 Å². The van der Waals surface area contributed by atoms with Crippen LogP contribution in [0, 0.1) is 0 Å². The van der Waals surface area contributed by atoms with Gasteiger partial charge >= 0.3 is 0 Å². The van der Waals surface area contributed by atoms with E-state index in [-0.39, 0.29) is 5.91 Å². The van der Waals surface area contributed by atoms with Gasteiger partial charge in [0.15, 0.2) is 0 Å². The maximum atomic E-state index is 13.5. The van der Waals surface area contributed by atoms with Crippen molar-refractivity contribution in [2.24, 2.45) is 0 Å². The first kappa shape index (κ1) is 26.1. The number of carbonyl (C=O) groups excluding carboxylic acids is 2. The zero-order valence-electron chi connectivity index (χ0n) is 19.5. The minimum absolute atomic E-state index is 0.145. The summed E-state index contributed by atoms with van der Waals surface area (Å²) in [4.78, 5) is 27.9. The molecule has 0 saturated heterocycles. The Morgan fingerprint density at radius 2 is 1.61 bits per heavy atom. The Morgan fingerprint density at radius 3 is 2.25 bits per heavy atom. The van der Waals surface area contributed by atoms with Crippen LogP contribution in [-0.4, -0.2) is 27.7 Å². The second kappa shape index (κ2) is 11.0. The van der Waals surface area contributed by atoms with Crippen molar-refractivity contribution in [3.63, 3.8) is 0 Å². The summed E-state index contributed by atoms with van der Waals surface area (Å²) in [6.07, 6.45) is 3.79. The van der Waals surface area contributed by atoms with Crippen LogP contribution in [0.1, 0.15) is 28.8 Å². The zero-order valence-corrected chi connectivity index (χ0v) is 21.7. The molecule has 0 saturated carbocycles. The Bertz CT molecular complexity index is 1260.